The van der Waals surface area contributed by atoms with E-state index in [9.17, 15) is 5.11 Å². The maximum absolute atomic E-state index is 10.2. The molecule has 29 heavy (non-hydrogen) atoms. The van der Waals surface area contributed by atoms with Crippen LogP contribution in [0.25, 0.3) is 0 Å². The van der Waals surface area contributed by atoms with Crippen LogP contribution in [0.3, 0.4) is 0 Å². The molecule has 0 saturated heterocycles. The summed E-state index contributed by atoms with van der Waals surface area (Å²) in [6, 6.07) is 0. The fourth-order valence-corrected chi connectivity index (χ4v) is 9.92. The molecule has 3 fully saturated rings. The molecule has 4 rings (SSSR count). The van der Waals surface area contributed by atoms with Gasteiger partial charge in [0.15, 0.2) is 0 Å². The molecular formula is C27H45BrO. The van der Waals surface area contributed by atoms with Gasteiger partial charge in [-0.15, -0.1) is 0 Å². The first-order valence-corrected chi connectivity index (χ1v) is 13.6. The highest BCUT2D eigenvalue weighted by molar-refractivity contribution is 9.09. The number of aliphatic hydroxyl groups excluding tert-OH is 1. The van der Waals surface area contributed by atoms with Crippen molar-refractivity contribution in [1.29, 1.82) is 0 Å². The lowest BCUT2D eigenvalue weighted by Gasteiger charge is -2.61. The van der Waals surface area contributed by atoms with Crippen molar-refractivity contribution >= 4 is 15.9 Å². The van der Waals surface area contributed by atoms with E-state index in [0.717, 1.165) is 41.9 Å². The van der Waals surface area contributed by atoms with Crippen molar-refractivity contribution in [1.82, 2.24) is 0 Å². The van der Waals surface area contributed by atoms with Crippen LogP contribution in [0.15, 0.2) is 12.2 Å². The normalized spacial score (nSPS) is 50.1. The SMILES string of the molecule is CC(C)CCC[C@@H](C)[C@H]1CC[C@H]2[C@@H]3C(Br)CC4CC(O)C=C[C@]4(C)[C@H]3CC[C@]12C. The van der Waals surface area contributed by atoms with Gasteiger partial charge < -0.3 is 5.11 Å². The van der Waals surface area contributed by atoms with Gasteiger partial charge in [-0.25, -0.2) is 0 Å². The van der Waals surface area contributed by atoms with Crippen molar-refractivity contribution in [2.75, 3.05) is 0 Å². The summed E-state index contributed by atoms with van der Waals surface area (Å²) in [6.07, 6.45) is 16.5. The standard InChI is InChI=1S/C27H45BrO/c1-17(2)7-6-8-18(3)21-9-10-22-25-23(12-14-27(21,22)5)26(4)13-11-20(29)15-19(26)16-24(25)28/h11,13,17-25,29H,6-10,12,14-16H2,1-5H3/t18-,19?,20?,21-,22+,23+,24?,25+,26+,27-/m1/s1. The van der Waals surface area contributed by atoms with Crippen LogP contribution in [-0.2, 0) is 0 Å². The summed E-state index contributed by atoms with van der Waals surface area (Å²) in [5.41, 5.74) is 0.849. The molecule has 2 heteroatoms. The van der Waals surface area contributed by atoms with Gasteiger partial charge in [-0.2, -0.15) is 0 Å². The number of hydrogen-bond acceptors (Lipinski definition) is 1. The van der Waals surface area contributed by atoms with E-state index < -0.39 is 0 Å². The first-order chi connectivity index (χ1) is 13.7. The van der Waals surface area contributed by atoms with Crippen LogP contribution in [0.4, 0.5) is 0 Å². The molecule has 3 saturated carbocycles. The molecule has 0 radical (unpaired) electrons. The van der Waals surface area contributed by atoms with Crippen molar-refractivity contribution in [2.45, 2.75) is 103 Å². The zero-order valence-electron chi connectivity index (χ0n) is 19.5. The Morgan fingerprint density at radius 3 is 2.52 bits per heavy atom. The maximum Gasteiger partial charge on any atom is 0.0724 e. The first-order valence-electron chi connectivity index (χ1n) is 12.7. The summed E-state index contributed by atoms with van der Waals surface area (Å²) in [5, 5.41) is 10.2. The highest BCUT2D eigenvalue weighted by atomic mass is 79.9. The average molecular weight is 466 g/mol. The number of rotatable bonds is 5. The van der Waals surface area contributed by atoms with Gasteiger partial charge in [0.2, 0.25) is 0 Å². The third-order valence-corrected chi connectivity index (χ3v) is 11.3. The van der Waals surface area contributed by atoms with Crippen molar-refractivity contribution in [2.24, 2.45) is 52.3 Å². The minimum absolute atomic E-state index is 0.222. The highest BCUT2D eigenvalue weighted by Crippen LogP contribution is 2.68. The lowest BCUT2D eigenvalue weighted by atomic mass is 9.45. The molecule has 0 bridgehead atoms. The largest absolute Gasteiger partial charge is 0.389 e. The Morgan fingerprint density at radius 1 is 1.03 bits per heavy atom. The molecule has 0 amide bonds. The number of allylic oxidation sites excluding steroid dienone is 1. The maximum atomic E-state index is 10.2. The van der Waals surface area contributed by atoms with E-state index in [2.05, 4.69) is 62.7 Å². The van der Waals surface area contributed by atoms with Crippen molar-refractivity contribution in [3.8, 4) is 0 Å². The van der Waals surface area contributed by atoms with Gasteiger partial charge in [-0.05, 0) is 90.8 Å². The summed E-state index contributed by atoms with van der Waals surface area (Å²) in [5.74, 6) is 5.80. The van der Waals surface area contributed by atoms with Crippen LogP contribution < -0.4 is 0 Å². The van der Waals surface area contributed by atoms with E-state index in [1.165, 1.54) is 51.4 Å². The van der Waals surface area contributed by atoms with Gasteiger partial charge in [0.25, 0.3) is 0 Å². The predicted molar refractivity (Wildman–Crippen MR) is 127 cm³/mol. The minimum Gasteiger partial charge on any atom is -0.389 e. The molecule has 4 aliphatic carbocycles. The average Bonchev–Trinajstić information content (AvgIpc) is 3.00. The molecule has 1 nitrogen and oxygen atoms in total. The quantitative estimate of drug-likeness (QED) is 0.327. The summed E-state index contributed by atoms with van der Waals surface area (Å²) in [4.78, 5) is 0.642. The minimum atomic E-state index is -0.222. The van der Waals surface area contributed by atoms with Crippen LogP contribution in [0, 0.1) is 52.3 Å². The van der Waals surface area contributed by atoms with Gasteiger partial charge in [0.05, 0.1) is 6.10 Å². The highest BCUT2D eigenvalue weighted by Gasteiger charge is 2.61. The second kappa shape index (κ2) is 8.27. The second-order valence-corrected chi connectivity index (χ2v) is 13.5. The Labute approximate surface area is 188 Å². The fourth-order valence-electron chi connectivity index (χ4n) is 8.73. The molecule has 166 valence electrons. The molecule has 0 aromatic rings. The van der Waals surface area contributed by atoms with Gasteiger partial charge in [-0.3, -0.25) is 0 Å². The Balaban J connectivity index is 1.53. The Morgan fingerprint density at radius 2 is 1.79 bits per heavy atom. The molecule has 10 atom stereocenters. The van der Waals surface area contributed by atoms with Crippen LogP contribution in [0.5, 0.6) is 0 Å². The van der Waals surface area contributed by atoms with Crippen molar-refractivity contribution in [3.05, 3.63) is 12.2 Å². The zero-order chi connectivity index (χ0) is 21.0. The van der Waals surface area contributed by atoms with Crippen LogP contribution in [-0.4, -0.2) is 16.0 Å². The van der Waals surface area contributed by atoms with Crippen molar-refractivity contribution < 1.29 is 5.11 Å². The number of fused-ring (bicyclic) bond motifs is 5. The number of halogens is 1. The molecule has 0 aliphatic heterocycles. The monoisotopic (exact) mass is 464 g/mol. The first kappa shape index (κ1) is 22.4. The third kappa shape index (κ3) is 3.81. The number of hydrogen-bond donors (Lipinski definition) is 1. The Bertz CT molecular complexity index is 614. The molecule has 0 heterocycles. The van der Waals surface area contributed by atoms with Gasteiger partial charge >= 0.3 is 0 Å². The fraction of sp³-hybridized carbons (Fsp3) is 0.926. The smallest absolute Gasteiger partial charge is 0.0724 e. The Kier molecular flexibility index (Phi) is 6.38. The van der Waals surface area contributed by atoms with Crippen LogP contribution in [0.1, 0.15) is 92.4 Å². The molecule has 0 aromatic carbocycles. The van der Waals surface area contributed by atoms with Crippen LogP contribution in [0.2, 0.25) is 0 Å². The summed E-state index contributed by atoms with van der Waals surface area (Å²) < 4.78 is 0. The lowest BCUT2D eigenvalue weighted by Crippen LogP contribution is -2.56. The predicted octanol–water partition coefficient (Wildman–Crippen LogP) is 7.62. The van der Waals surface area contributed by atoms with E-state index in [0.29, 0.717) is 21.6 Å². The molecule has 1 N–H and O–H groups in total. The van der Waals surface area contributed by atoms with Crippen LogP contribution >= 0.6 is 15.9 Å². The topological polar surface area (TPSA) is 20.2 Å². The Hall–Kier alpha value is 0.180. The lowest BCUT2D eigenvalue weighted by molar-refractivity contribution is -0.0861. The van der Waals surface area contributed by atoms with Gasteiger partial charge in [0.1, 0.15) is 0 Å². The molecule has 3 unspecified atom stereocenters. The van der Waals surface area contributed by atoms with E-state index >= 15 is 0 Å². The van der Waals surface area contributed by atoms with E-state index in [-0.39, 0.29) is 6.10 Å². The van der Waals surface area contributed by atoms with E-state index in [1.54, 1.807) is 0 Å². The summed E-state index contributed by atoms with van der Waals surface area (Å²) in [6.45, 7) is 12.5. The van der Waals surface area contributed by atoms with Gasteiger partial charge in [-0.1, -0.05) is 82.0 Å². The van der Waals surface area contributed by atoms with E-state index in [1.807, 2.05) is 0 Å². The molecular weight excluding hydrogens is 420 g/mol. The van der Waals surface area contributed by atoms with E-state index in [4.69, 9.17) is 0 Å². The van der Waals surface area contributed by atoms with Gasteiger partial charge in [0, 0.05) is 4.83 Å². The molecule has 0 spiro atoms. The zero-order valence-corrected chi connectivity index (χ0v) is 21.1. The third-order valence-electron chi connectivity index (χ3n) is 10.3. The molecule has 4 aliphatic rings. The van der Waals surface area contributed by atoms with Crippen molar-refractivity contribution in [3.63, 3.8) is 0 Å². The number of alkyl halides is 1. The summed E-state index contributed by atoms with van der Waals surface area (Å²) in [7, 11) is 0. The summed E-state index contributed by atoms with van der Waals surface area (Å²) >= 11 is 4.21. The molecule has 0 aromatic heterocycles. The second-order valence-electron chi connectivity index (χ2n) is 12.3. The number of aliphatic hydroxyl groups is 1.